The van der Waals surface area contributed by atoms with E-state index in [9.17, 15) is 5.11 Å². The van der Waals surface area contributed by atoms with Gasteiger partial charge >= 0.3 is 0 Å². The van der Waals surface area contributed by atoms with E-state index in [1.54, 1.807) is 0 Å². The number of hydrogen-bond acceptors (Lipinski definition) is 6. The zero-order valence-electron chi connectivity index (χ0n) is 10.7. The average molecular weight is 271 g/mol. The summed E-state index contributed by atoms with van der Waals surface area (Å²) in [6.45, 7) is 3.01. The largest absolute Gasteiger partial charge is 0.487 e. The highest BCUT2D eigenvalue weighted by molar-refractivity contribution is 7.11. The fourth-order valence-electron chi connectivity index (χ4n) is 2.32. The van der Waals surface area contributed by atoms with Crippen molar-refractivity contribution in [3.05, 3.63) is 0 Å². The van der Waals surface area contributed by atoms with Crippen molar-refractivity contribution in [1.29, 1.82) is 0 Å². The van der Waals surface area contributed by atoms with E-state index in [0.717, 1.165) is 30.7 Å². The molecule has 1 saturated carbocycles. The predicted octanol–water partition coefficient (Wildman–Crippen LogP) is 2.23. The SMILES string of the molecule is CCOc1c(N)nsc1NCC1(O)CCCCC1. The van der Waals surface area contributed by atoms with Crippen molar-refractivity contribution in [2.45, 2.75) is 44.6 Å². The molecule has 0 unspecified atom stereocenters. The summed E-state index contributed by atoms with van der Waals surface area (Å²) in [4.78, 5) is 0. The standard InChI is InChI=1S/C12H21N3O2S/c1-2-17-9-10(13)15-18-11(9)14-8-12(16)6-4-3-5-7-12/h14,16H,2-8H2,1H3,(H2,13,15). The average Bonchev–Trinajstić information content (AvgIpc) is 2.70. The maximum Gasteiger partial charge on any atom is 0.197 e. The molecule has 4 N–H and O–H groups in total. The Morgan fingerprint density at radius 2 is 2.17 bits per heavy atom. The van der Waals surface area contributed by atoms with Crippen LogP contribution in [-0.4, -0.2) is 28.2 Å². The summed E-state index contributed by atoms with van der Waals surface area (Å²) in [5, 5.41) is 14.5. The number of nitrogens with one attached hydrogen (secondary N) is 1. The monoisotopic (exact) mass is 271 g/mol. The van der Waals surface area contributed by atoms with Crippen molar-refractivity contribution >= 4 is 22.4 Å². The van der Waals surface area contributed by atoms with Crippen LogP contribution in [0.4, 0.5) is 10.8 Å². The topological polar surface area (TPSA) is 80.4 Å². The lowest BCUT2D eigenvalue weighted by molar-refractivity contribution is 0.0167. The molecule has 0 aliphatic heterocycles. The third-order valence-corrected chi connectivity index (χ3v) is 4.13. The van der Waals surface area contributed by atoms with Crippen LogP contribution in [0.2, 0.25) is 0 Å². The van der Waals surface area contributed by atoms with Crippen molar-refractivity contribution in [1.82, 2.24) is 4.37 Å². The lowest BCUT2D eigenvalue weighted by Crippen LogP contribution is -2.38. The fraction of sp³-hybridized carbons (Fsp3) is 0.750. The maximum absolute atomic E-state index is 10.4. The molecule has 2 rings (SSSR count). The molecule has 0 radical (unpaired) electrons. The van der Waals surface area contributed by atoms with Gasteiger partial charge in [0, 0.05) is 6.54 Å². The Labute approximate surface area is 112 Å². The van der Waals surface area contributed by atoms with E-state index >= 15 is 0 Å². The van der Waals surface area contributed by atoms with Gasteiger partial charge < -0.3 is 20.9 Å². The first kappa shape index (κ1) is 13.4. The summed E-state index contributed by atoms with van der Waals surface area (Å²) in [5.74, 6) is 1.03. The molecule has 0 bridgehead atoms. The van der Waals surface area contributed by atoms with Crippen LogP contribution in [0.5, 0.6) is 5.75 Å². The minimum atomic E-state index is -0.597. The van der Waals surface area contributed by atoms with Crippen molar-refractivity contribution < 1.29 is 9.84 Å². The smallest absolute Gasteiger partial charge is 0.197 e. The third-order valence-electron chi connectivity index (χ3n) is 3.33. The highest BCUT2D eigenvalue weighted by atomic mass is 32.1. The third kappa shape index (κ3) is 3.05. The van der Waals surface area contributed by atoms with Crippen LogP contribution in [0.1, 0.15) is 39.0 Å². The van der Waals surface area contributed by atoms with Gasteiger partial charge in [-0.05, 0) is 31.3 Å². The number of aromatic nitrogens is 1. The van der Waals surface area contributed by atoms with Gasteiger partial charge in [-0.3, -0.25) is 0 Å². The number of ether oxygens (including phenoxy) is 1. The molecular formula is C12H21N3O2S. The molecule has 1 heterocycles. The molecule has 0 saturated heterocycles. The first-order chi connectivity index (χ1) is 8.64. The molecule has 1 aliphatic rings. The van der Waals surface area contributed by atoms with Gasteiger partial charge in [0.15, 0.2) is 16.6 Å². The summed E-state index contributed by atoms with van der Waals surface area (Å²) < 4.78 is 9.53. The van der Waals surface area contributed by atoms with Crippen molar-refractivity contribution in [3.63, 3.8) is 0 Å². The van der Waals surface area contributed by atoms with Gasteiger partial charge in [-0.25, -0.2) is 0 Å². The van der Waals surface area contributed by atoms with Crippen LogP contribution in [0, 0.1) is 0 Å². The Hall–Kier alpha value is -1.01. The Kier molecular flexibility index (Phi) is 4.29. The second-order valence-electron chi connectivity index (χ2n) is 4.80. The van der Waals surface area contributed by atoms with Crippen LogP contribution in [0.25, 0.3) is 0 Å². The van der Waals surface area contributed by atoms with Crippen molar-refractivity contribution in [2.75, 3.05) is 24.2 Å². The molecular weight excluding hydrogens is 250 g/mol. The fourth-order valence-corrected chi connectivity index (χ4v) is 2.98. The molecule has 6 heteroatoms. The van der Waals surface area contributed by atoms with Gasteiger partial charge in [0.05, 0.1) is 12.2 Å². The summed E-state index contributed by atoms with van der Waals surface area (Å²) in [6.07, 6.45) is 5.14. The maximum atomic E-state index is 10.4. The van der Waals surface area contributed by atoms with Gasteiger partial charge in [0.2, 0.25) is 0 Å². The zero-order valence-corrected chi connectivity index (χ0v) is 11.6. The summed E-state index contributed by atoms with van der Waals surface area (Å²) in [6, 6.07) is 0. The van der Waals surface area contributed by atoms with Crippen molar-refractivity contribution in [2.24, 2.45) is 0 Å². The molecule has 1 fully saturated rings. The van der Waals surface area contributed by atoms with Gasteiger partial charge in [-0.1, -0.05) is 19.3 Å². The number of hydrogen-bond donors (Lipinski definition) is 3. The van der Waals surface area contributed by atoms with Gasteiger partial charge in [0.1, 0.15) is 0 Å². The second kappa shape index (κ2) is 5.75. The molecule has 18 heavy (non-hydrogen) atoms. The van der Waals surface area contributed by atoms with E-state index in [1.165, 1.54) is 18.0 Å². The number of rotatable bonds is 5. The van der Waals surface area contributed by atoms with Gasteiger partial charge in [0.25, 0.3) is 0 Å². The van der Waals surface area contributed by atoms with Crippen LogP contribution < -0.4 is 15.8 Å². The highest BCUT2D eigenvalue weighted by Gasteiger charge is 2.29. The highest BCUT2D eigenvalue weighted by Crippen LogP contribution is 2.36. The molecule has 5 nitrogen and oxygen atoms in total. The van der Waals surface area contributed by atoms with Crippen LogP contribution in [0.15, 0.2) is 0 Å². The van der Waals surface area contributed by atoms with E-state index in [1.807, 2.05) is 6.92 Å². The molecule has 1 aliphatic carbocycles. The van der Waals surface area contributed by atoms with Gasteiger partial charge in [-0.15, -0.1) is 0 Å². The summed E-state index contributed by atoms with van der Waals surface area (Å²) in [7, 11) is 0. The van der Waals surface area contributed by atoms with Gasteiger partial charge in [-0.2, -0.15) is 4.37 Å². The Bertz CT molecular complexity index is 389. The normalized spacial score (nSPS) is 18.6. The molecule has 0 aromatic carbocycles. The van der Waals surface area contributed by atoms with Crippen molar-refractivity contribution in [3.8, 4) is 5.75 Å². The molecule has 0 spiro atoms. The first-order valence-corrected chi connectivity index (χ1v) is 7.26. The molecule has 1 aromatic rings. The quantitative estimate of drug-likeness (QED) is 0.765. The minimum Gasteiger partial charge on any atom is -0.487 e. The van der Waals surface area contributed by atoms with E-state index in [4.69, 9.17) is 10.5 Å². The predicted molar refractivity (Wildman–Crippen MR) is 74.2 cm³/mol. The van der Waals surface area contributed by atoms with Crippen LogP contribution in [-0.2, 0) is 0 Å². The minimum absolute atomic E-state index is 0.417. The first-order valence-electron chi connectivity index (χ1n) is 6.49. The van der Waals surface area contributed by atoms with Crippen LogP contribution in [0.3, 0.4) is 0 Å². The van der Waals surface area contributed by atoms with E-state index < -0.39 is 5.60 Å². The Morgan fingerprint density at radius 1 is 1.44 bits per heavy atom. The number of anilines is 2. The van der Waals surface area contributed by atoms with E-state index in [-0.39, 0.29) is 0 Å². The number of aliphatic hydroxyl groups is 1. The second-order valence-corrected chi connectivity index (χ2v) is 5.57. The lowest BCUT2D eigenvalue weighted by Gasteiger charge is -2.32. The van der Waals surface area contributed by atoms with E-state index in [2.05, 4.69) is 9.69 Å². The number of nitrogen functional groups attached to an aromatic ring is 1. The Balaban J connectivity index is 1.97. The molecule has 102 valence electrons. The molecule has 1 aromatic heterocycles. The molecule has 0 atom stereocenters. The zero-order chi connectivity index (χ0) is 13.0. The Morgan fingerprint density at radius 3 is 2.83 bits per heavy atom. The summed E-state index contributed by atoms with van der Waals surface area (Å²) >= 11 is 1.28. The van der Waals surface area contributed by atoms with E-state index in [0.29, 0.717) is 24.7 Å². The molecule has 0 amide bonds. The number of nitrogens with zero attached hydrogens (tertiary/aromatic N) is 1. The van der Waals surface area contributed by atoms with Crippen LogP contribution >= 0.6 is 11.5 Å². The summed E-state index contributed by atoms with van der Waals surface area (Å²) in [5.41, 5.74) is 5.14. The lowest BCUT2D eigenvalue weighted by atomic mass is 9.85. The number of nitrogens with two attached hydrogens (primary N) is 1.